The highest BCUT2D eigenvalue weighted by Crippen LogP contribution is 2.25. The Bertz CT molecular complexity index is 809. The van der Waals surface area contributed by atoms with E-state index in [1.54, 1.807) is 36.0 Å². The van der Waals surface area contributed by atoms with E-state index in [0.717, 1.165) is 0 Å². The Balaban J connectivity index is 2.40. The maximum atomic E-state index is 12.7. The third-order valence-corrected chi connectivity index (χ3v) is 4.35. The number of nitro benzene ring substituents is 1. The minimum Gasteiger partial charge on any atom is -0.467 e. The van der Waals surface area contributed by atoms with Crippen LogP contribution in [0.1, 0.15) is 16.8 Å². The quantitative estimate of drug-likeness (QED) is 0.462. The van der Waals surface area contributed by atoms with Gasteiger partial charge in [0.25, 0.3) is 11.6 Å². The molecule has 0 spiro atoms. The number of non-ortho nitro benzene ring substituents is 1. The molecule has 0 aliphatic heterocycles. The molecule has 1 amide bonds. The van der Waals surface area contributed by atoms with E-state index in [0.29, 0.717) is 22.9 Å². The second-order valence-electron chi connectivity index (χ2n) is 5.30. The second-order valence-corrected chi connectivity index (χ2v) is 6.29. The van der Waals surface area contributed by atoms with Crippen molar-refractivity contribution >= 4 is 40.1 Å². The van der Waals surface area contributed by atoms with Gasteiger partial charge in [0.1, 0.15) is 6.04 Å². The van der Waals surface area contributed by atoms with Gasteiger partial charge in [-0.2, -0.15) is 11.8 Å². The van der Waals surface area contributed by atoms with Gasteiger partial charge < -0.3 is 10.1 Å². The Morgan fingerprint density at radius 2 is 2.04 bits per heavy atom. The Hall–Kier alpha value is -2.61. The molecule has 25 heavy (non-hydrogen) atoms. The predicted molar refractivity (Wildman–Crippen MR) is 96.9 cm³/mol. The molecule has 0 saturated heterocycles. The summed E-state index contributed by atoms with van der Waals surface area (Å²) in [6.45, 7) is 0. The van der Waals surface area contributed by atoms with Crippen LogP contribution in [0.25, 0.3) is 10.8 Å². The smallest absolute Gasteiger partial charge is 0.328 e. The zero-order valence-corrected chi connectivity index (χ0v) is 14.7. The number of carbonyl (C=O) groups is 2. The fourth-order valence-electron chi connectivity index (χ4n) is 2.45. The number of benzene rings is 2. The van der Waals surface area contributed by atoms with E-state index in [2.05, 4.69) is 5.32 Å². The van der Waals surface area contributed by atoms with Crippen LogP contribution in [0.3, 0.4) is 0 Å². The third-order valence-electron chi connectivity index (χ3n) is 3.70. The number of thioether (sulfide) groups is 1. The van der Waals surface area contributed by atoms with Crippen LogP contribution < -0.4 is 5.32 Å². The molecule has 2 rings (SSSR count). The van der Waals surface area contributed by atoms with E-state index in [4.69, 9.17) is 4.74 Å². The molecule has 0 saturated carbocycles. The lowest BCUT2D eigenvalue weighted by molar-refractivity contribution is -0.384. The molecule has 0 heterocycles. The second kappa shape index (κ2) is 8.48. The summed E-state index contributed by atoms with van der Waals surface area (Å²) in [6, 6.07) is 8.73. The monoisotopic (exact) mass is 362 g/mol. The van der Waals surface area contributed by atoms with Crippen LogP contribution >= 0.6 is 11.8 Å². The Morgan fingerprint density at radius 3 is 2.68 bits per heavy atom. The van der Waals surface area contributed by atoms with Crippen molar-refractivity contribution in [1.29, 1.82) is 0 Å². The number of nitrogens with zero attached hydrogens (tertiary/aromatic N) is 1. The minimum absolute atomic E-state index is 0.155. The Morgan fingerprint density at radius 1 is 1.32 bits per heavy atom. The van der Waals surface area contributed by atoms with Gasteiger partial charge in [-0.1, -0.05) is 24.3 Å². The molecule has 2 aromatic rings. The van der Waals surface area contributed by atoms with E-state index >= 15 is 0 Å². The van der Waals surface area contributed by atoms with Crippen LogP contribution in [0.5, 0.6) is 0 Å². The van der Waals surface area contributed by atoms with Crippen molar-refractivity contribution in [2.24, 2.45) is 0 Å². The molecule has 1 N–H and O–H groups in total. The number of nitrogens with one attached hydrogen (secondary N) is 1. The van der Waals surface area contributed by atoms with Crippen molar-refractivity contribution in [3.05, 3.63) is 52.1 Å². The van der Waals surface area contributed by atoms with E-state index in [9.17, 15) is 19.7 Å². The van der Waals surface area contributed by atoms with Crippen LogP contribution in [-0.4, -0.2) is 42.0 Å². The average Bonchev–Trinajstić information content (AvgIpc) is 2.63. The van der Waals surface area contributed by atoms with Crippen molar-refractivity contribution in [3.63, 3.8) is 0 Å². The molecule has 0 radical (unpaired) electrons. The maximum Gasteiger partial charge on any atom is 0.328 e. The van der Waals surface area contributed by atoms with Crippen LogP contribution in [0, 0.1) is 10.1 Å². The zero-order chi connectivity index (χ0) is 18.4. The highest BCUT2D eigenvalue weighted by Gasteiger charge is 2.24. The van der Waals surface area contributed by atoms with Gasteiger partial charge in [0.15, 0.2) is 0 Å². The molecule has 8 heteroatoms. The minimum atomic E-state index is -0.803. The molecule has 0 bridgehead atoms. The molecule has 1 atom stereocenters. The topological polar surface area (TPSA) is 98.5 Å². The molecule has 7 nitrogen and oxygen atoms in total. The molecule has 0 aliphatic rings. The average molecular weight is 362 g/mol. The fourth-order valence-corrected chi connectivity index (χ4v) is 2.92. The number of hydrogen-bond acceptors (Lipinski definition) is 6. The summed E-state index contributed by atoms with van der Waals surface area (Å²) >= 11 is 1.54. The predicted octanol–water partition coefficient (Wildman–Crippen LogP) is 2.77. The lowest BCUT2D eigenvalue weighted by Crippen LogP contribution is -2.42. The molecule has 0 fully saturated rings. The van der Waals surface area contributed by atoms with Crippen LogP contribution in [0.2, 0.25) is 0 Å². The number of nitro groups is 1. The molecule has 0 aliphatic carbocycles. The first-order chi connectivity index (χ1) is 12.0. The lowest BCUT2D eigenvalue weighted by atomic mass is 10.0. The van der Waals surface area contributed by atoms with Gasteiger partial charge in [0, 0.05) is 12.1 Å². The summed E-state index contributed by atoms with van der Waals surface area (Å²) in [4.78, 5) is 35.1. The van der Waals surface area contributed by atoms with E-state index in [1.165, 1.54) is 19.2 Å². The first kappa shape index (κ1) is 18.7. The van der Waals surface area contributed by atoms with E-state index < -0.39 is 22.8 Å². The van der Waals surface area contributed by atoms with Gasteiger partial charge in [-0.15, -0.1) is 0 Å². The summed E-state index contributed by atoms with van der Waals surface area (Å²) in [5.74, 6) is -0.427. The van der Waals surface area contributed by atoms with Crippen molar-refractivity contribution in [2.75, 3.05) is 19.1 Å². The first-order valence-electron chi connectivity index (χ1n) is 7.52. The zero-order valence-electron chi connectivity index (χ0n) is 13.9. The van der Waals surface area contributed by atoms with E-state index in [1.807, 2.05) is 6.26 Å². The number of carbonyl (C=O) groups excluding carboxylic acids is 2. The summed E-state index contributed by atoms with van der Waals surface area (Å²) in [7, 11) is 1.25. The van der Waals surface area contributed by atoms with Gasteiger partial charge in [-0.25, -0.2) is 4.79 Å². The third kappa shape index (κ3) is 4.48. The van der Waals surface area contributed by atoms with Crippen LogP contribution in [-0.2, 0) is 9.53 Å². The highest BCUT2D eigenvalue weighted by atomic mass is 32.2. The van der Waals surface area contributed by atoms with E-state index in [-0.39, 0.29) is 11.3 Å². The normalized spacial score (nSPS) is 11.8. The number of amides is 1. The van der Waals surface area contributed by atoms with Crippen LogP contribution in [0.15, 0.2) is 36.4 Å². The standard InChI is InChI=1S/C17H18N2O5S/c1-24-17(21)15(7-8-25-2)18-16(20)14-10-12(19(22)23)9-11-5-3-4-6-13(11)14/h3-6,9-10,15H,7-8H2,1-2H3,(H,18,20)/t15-/m0/s1. The summed E-state index contributed by atoms with van der Waals surface area (Å²) in [5.41, 5.74) is -0.0227. The van der Waals surface area contributed by atoms with Crippen molar-refractivity contribution in [2.45, 2.75) is 12.5 Å². The van der Waals surface area contributed by atoms with Gasteiger partial charge in [0.05, 0.1) is 17.6 Å². The number of hydrogen-bond donors (Lipinski definition) is 1. The summed E-state index contributed by atoms with van der Waals surface area (Å²) in [5, 5.41) is 14.9. The number of fused-ring (bicyclic) bond motifs is 1. The molecular weight excluding hydrogens is 344 g/mol. The first-order valence-corrected chi connectivity index (χ1v) is 8.92. The molecule has 132 valence electrons. The van der Waals surface area contributed by atoms with Gasteiger partial charge in [0.2, 0.25) is 0 Å². The van der Waals surface area contributed by atoms with Gasteiger partial charge >= 0.3 is 5.97 Å². The lowest BCUT2D eigenvalue weighted by Gasteiger charge is -2.16. The Kier molecular flexibility index (Phi) is 6.35. The van der Waals surface area contributed by atoms with Crippen molar-refractivity contribution in [1.82, 2.24) is 5.32 Å². The molecule has 0 unspecified atom stereocenters. The number of rotatable bonds is 7. The van der Waals surface area contributed by atoms with Gasteiger partial charge in [-0.05, 0) is 29.2 Å². The number of ether oxygens (including phenoxy) is 1. The van der Waals surface area contributed by atoms with Crippen molar-refractivity contribution < 1.29 is 19.2 Å². The molecular formula is C17H18N2O5S. The van der Waals surface area contributed by atoms with Crippen LogP contribution in [0.4, 0.5) is 5.69 Å². The SMILES string of the molecule is COC(=O)[C@H](CCSC)NC(=O)c1cc([N+](=O)[O-])cc2ccccc12. The Labute approximate surface area is 148 Å². The maximum absolute atomic E-state index is 12.7. The highest BCUT2D eigenvalue weighted by molar-refractivity contribution is 7.98. The summed E-state index contributed by atoms with van der Waals surface area (Å²) in [6.07, 6.45) is 2.30. The molecule has 2 aromatic carbocycles. The number of methoxy groups -OCH3 is 1. The largest absolute Gasteiger partial charge is 0.467 e. The van der Waals surface area contributed by atoms with Gasteiger partial charge in [-0.3, -0.25) is 14.9 Å². The number of esters is 1. The van der Waals surface area contributed by atoms with Crippen molar-refractivity contribution in [3.8, 4) is 0 Å². The summed E-state index contributed by atoms with van der Waals surface area (Å²) < 4.78 is 4.72. The fraction of sp³-hybridized carbons (Fsp3) is 0.294. The molecule has 0 aromatic heterocycles.